The quantitative estimate of drug-likeness (QED) is 0.693. The van der Waals surface area contributed by atoms with Crippen molar-refractivity contribution in [3.05, 3.63) is 52.7 Å². The van der Waals surface area contributed by atoms with Gasteiger partial charge in [0.1, 0.15) is 5.69 Å². The minimum absolute atomic E-state index is 0.174. The van der Waals surface area contributed by atoms with Gasteiger partial charge in [-0.3, -0.25) is 14.8 Å². The number of piperidine rings is 3. The number of hydrogen-bond acceptors (Lipinski definition) is 3. The molecule has 2 aliphatic carbocycles. The van der Waals surface area contributed by atoms with Crippen LogP contribution >= 0.6 is 0 Å². The lowest BCUT2D eigenvalue weighted by molar-refractivity contribution is 0.00128. The van der Waals surface area contributed by atoms with E-state index in [4.69, 9.17) is 0 Å². The zero-order valence-corrected chi connectivity index (χ0v) is 18.7. The predicted octanol–water partition coefficient (Wildman–Crippen LogP) is 4.21. The third-order valence-electron chi connectivity index (χ3n) is 8.92. The summed E-state index contributed by atoms with van der Waals surface area (Å²) in [4.78, 5) is 18.9. The van der Waals surface area contributed by atoms with Crippen LogP contribution in [0.15, 0.2) is 35.9 Å². The SMILES string of the molecule is O=C(c1[nH]nc2c1CCc1ccccc1-2)N1CCCC2=CC3CC(CN4CCCCC34)C21. The number of aromatic nitrogens is 2. The number of H-pyrrole nitrogens is 1. The molecule has 0 radical (unpaired) electrons. The number of nitrogens with zero attached hydrogens (tertiary/aromatic N) is 3. The molecular formula is C27H32N4O. The Morgan fingerprint density at radius 1 is 1.06 bits per heavy atom. The Hall–Kier alpha value is -2.40. The maximum Gasteiger partial charge on any atom is 0.272 e. The first-order valence-corrected chi connectivity index (χ1v) is 12.7. The lowest BCUT2D eigenvalue weighted by Gasteiger charge is -2.54. The number of benzene rings is 1. The van der Waals surface area contributed by atoms with Crippen LogP contribution in [0.4, 0.5) is 0 Å². The van der Waals surface area contributed by atoms with Crippen molar-refractivity contribution < 1.29 is 4.79 Å². The summed E-state index contributed by atoms with van der Waals surface area (Å²) in [7, 11) is 0. The molecule has 5 aliphatic rings. The maximum absolute atomic E-state index is 14.0. The normalized spacial score (nSPS) is 31.1. The molecule has 7 rings (SSSR count). The van der Waals surface area contributed by atoms with E-state index in [1.165, 1.54) is 56.3 Å². The van der Waals surface area contributed by atoms with Gasteiger partial charge in [-0.15, -0.1) is 0 Å². The first-order valence-electron chi connectivity index (χ1n) is 12.7. The Labute approximate surface area is 189 Å². The molecule has 4 atom stereocenters. The van der Waals surface area contributed by atoms with Crippen LogP contribution in [-0.4, -0.2) is 57.6 Å². The smallest absolute Gasteiger partial charge is 0.272 e. The zero-order valence-electron chi connectivity index (χ0n) is 18.7. The largest absolute Gasteiger partial charge is 0.330 e. The van der Waals surface area contributed by atoms with Crippen LogP contribution in [0.1, 0.15) is 60.1 Å². The molecule has 3 aliphatic heterocycles. The highest BCUT2D eigenvalue weighted by Crippen LogP contribution is 2.45. The molecule has 5 nitrogen and oxygen atoms in total. The van der Waals surface area contributed by atoms with Gasteiger partial charge in [-0.25, -0.2) is 0 Å². The average molecular weight is 429 g/mol. The minimum atomic E-state index is 0.174. The van der Waals surface area contributed by atoms with Crippen molar-refractivity contribution in [2.24, 2.45) is 11.8 Å². The molecule has 0 saturated carbocycles. The first kappa shape index (κ1) is 19.1. The number of aromatic amines is 1. The minimum Gasteiger partial charge on any atom is -0.330 e. The average Bonchev–Trinajstić information content (AvgIpc) is 3.28. The Bertz CT molecular complexity index is 1100. The van der Waals surface area contributed by atoms with Crippen LogP contribution in [0, 0.1) is 11.8 Å². The van der Waals surface area contributed by atoms with Gasteiger partial charge in [0.25, 0.3) is 5.91 Å². The number of fused-ring (bicyclic) bond motifs is 9. The summed E-state index contributed by atoms with van der Waals surface area (Å²) in [5, 5.41) is 7.82. The fraction of sp³-hybridized carbons (Fsp3) is 0.556. The lowest BCUT2D eigenvalue weighted by atomic mass is 9.68. The Morgan fingerprint density at radius 3 is 2.97 bits per heavy atom. The fourth-order valence-corrected chi connectivity index (χ4v) is 7.58. The molecule has 1 aromatic heterocycles. The van der Waals surface area contributed by atoms with Gasteiger partial charge < -0.3 is 4.90 Å². The molecular weight excluding hydrogens is 396 g/mol. The van der Waals surface area contributed by atoms with Crippen molar-refractivity contribution in [2.45, 2.75) is 63.5 Å². The second-order valence-electron chi connectivity index (χ2n) is 10.6. The van der Waals surface area contributed by atoms with E-state index in [1.54, 1.807) is 5.57 Å². The third-order valence-corrected chi connectivity index (χ3v) is 8.92. The summed E-state index contributed by atoms with van der Waals surface area (Å²) in [6.07, 6.45) is 12.1. The molecule has 32 heavy (non-hydrogen) atoms. The van der Waals surface area contributed by atoms with Crippen molar-refractivity contribution >= 4 is 5.91 Å². The Kier molecular flexibility index (Phi) is 4.36. The second-order valence-corrected chi connectivity index (χ2v) is 10.6. The van der Waals surface area contributed by atoms with E-state index in [2.05, 4.69) is 50.3 Å². The molecule has 2 aromatic rings. The van der Waals surface area contributed by atoms with E-state index in [1.807, 2.05) is 0 Å². The second kappa shape index (κ2) is 7.31. The van der Waals surface area contributed by atoms with Gasteiger partial charge in [-0.2, -0.15) is 5.10 Å². The molecule has 166 valence electrons. The Balaban J connectivity index is 1.23. The number of hydrogen-bond donors (Lipinski definition) is 1. The van der Waals surface area contributed by atoms with E-state index >= 15 is 0 Å². The molecule has 3 fully saturated rings. The highest BCUT2D eigenvalue weighted by molar-refractivity contribution is 5.96. The maximum atomic E-state index is 14.0. The van der Waals surface area contributed by atoms with Gasteiger partial charge in [0.15, 0.2) is 0 Å². The summed E-state index contributed by atoms with van der Waals surface area (Å²) in [5.41, 5.74) is 6.93. The standard InChI is InChI=1S/C27H32N4O/c32-27(25-22-11-10-17-6-1-2-8-21(17)24(22)28-29-25)31-13-5-7-18-14-19-15-20(26(18)31)16-30-12-4-3-9-23(19)30/h1-2,6,8,14,19-20,23,26H,3-5,7,9-13,15-16H2,(H,28,29). The van der Waals surface area contributed by atoms with E-state index in [0.717, 1.165) is 48.8 Å². The molecule has 4 heterocycles. The molecule has 0 spiro atoms. The van der Waals surface area contributed by atoms with Gasteiger partial charge in [-0.1, -0.05) is 42.3 Å². The summed E-state index contributed by atoms with van der Waals surface area (Å²) < 4.78 is 0. The van der Waals surface area contributed by atoms with Crippen molar-refractivity contribution in [1.29, 1.82) is 0 Å². The molecule has 5 heteroatoms. The van der Waals surface area contributed by atoms with Crippen LogP contribution < -0.4 is 0 Å². The van der Waals surface area contributed by atoms with Gasteiger partial charge in [-0.05, 0) is 68.9 Å². The molecule has 4 unspecified atom stereocenters. The van der Waals surface area contributed by atoms with E-state index in [9.17, 15) is 4.79 Å². The predicted molar refractivity (Wildman–Crippen MR) is 124 cm³/mol. The van der Waals surface area contributed by atoms with E-state index in [-0.39, 0.29) is 11.9 Å². The van der Waals surface area contributed by atoms with Crippen LogP contribution in [0.3, 0.4) is 0 Å². The highest BCUT2D eigenvalue weighted by atomic mass is 16.2. The fourth-order valence-electron chi connectivity index (χ4n) is 7.58. The number of rotatable bonds is 1. The van der Waals surface area contributed by atoms with E-state index < -0.39 is 0 Å². The third kappa shape index (κ3) is 2.79. The van der Waals surface area contributed by atoms with Crippen LogP contribution in [-0.2, 0) is 12.8 Å². The van der Waals surface area contributed by atoms with Crippen molar-refractivity contribution in [3.63, 3.8) is 0 Å². The number of nitrogens with one attached hydrogen (secondary N) is 1. The van der Waals surface area contributed by atoms with Crippen LogP contribution in [0.5, 0.6) is 0 Å². The Morgan fingerprint density at radius 2 is 2.00 bits per heavy atom. The van der Waals surface area contributed by atoms with Crippen molar-refractivity contribution in [2.75, 3.05) is 19.6 Å². The lowest BCUT2D eigenvalue weighted by Crippen LogP contribution is -2.60. The number of carbonyl (C=O) groups excluding carboxylic acids is 1. The number of amides is 1. The highest BCUT2D eigenvalue weighted by Gasteiger charge is 2.47. The van der Waals surface area contributed by atoms with Gasteiger partial charge in [0.2, 0.25) is 0 Å². The number of carbonyl (C=O) groups is 1. The van der Waals surface area contributed by atoms with Gasteiger partial charge in [0.05, 0.1) is 11.7 Å². The topological polar surface area (TPSA) is 52.2 Å². The number of aryl methyl sites for hydroxylation is 1. The zero-order chi connectivity index (χ0) is 21.2. The molecule has 2 bridgehead atoms. The molecule has 3 saturated heterocycles. The van der Waals surface area contributed by atoms with Crippen molar-refractivity contribution in [1.82, 2.24) is 20.0 Å². The van der Waals surface area contributed by atoms with E-state index in [0.29, 0.717) is 11.8 Å². The van der Waals surface area contributed by atoms with Gasteiger partial charge in [0, 0.05) is 30.3 Å². The van der Waals surface area contributed by atoms with Crippen LogP contribution in [0.25, 0.3) is 11.3 Å². The molecule has 1 amide bonds. The van der Waals surface area contributed by atoms with Gasteiger partial charge >= 0.3 is 0 Å². The van der Waals surface area contributed by atoms with Crippen molar-refractivity contribution in [3.8, 4) is 11.3 Å². The summed E-state index contributed by atoms with van der Waals surface area (Å²) in [6, 6.07) is 9.52. The molecule has 1 aromatic carbocycles. The first-order chi connectivity index (χ1) is 15.8. The summed E-state index contributed by atoms with van der Waals surface area (Å²) in [5.74, 6) is 1.46. The summed E-state index contributed by atoms with van der Waals surface area (Å²) in [6.45, 7) is 3.28. The summed E-state index contributed by atoms with van der Waals surface area (Å²) >= 11 is 0. The number of likely N-dealkylation sites (tertiary alicyclic amines) is 1. The monoisotopic (exact) mass is 428 g/mol. The van der Waals surface area contributed by atoms with Crippen LogP contribution in [0.2, 0.25) is 0 Å². The molecule has 1 N–H and O–H groups in total.